The Bertz CT molecular complexity index is 415. The number of nitrogens with one attached hydrogen (secondary N) is 2. The van der Waals surface area contributed by atoms with Crippen LogP contribution in [0.2, 0.25) is 0 Å². The van der Waals surface area contributed by atoms with Gasteiger partial charge in [0.2, 0.25) is 11.8 Å². The number of rotatable bonds is 3. The van der Waals surface area contributed by atoms with E-state index < -0.39 is 0 Å². The van der Waals surface area contributed by atoms with Crippen LogP contribution in [0.1, 0.15) is 24.1 Å². The molecule has 1 aliphatic carbocycles. The summed E-state index contributed by atoms with van der Waals surface area (Å²) in [5.74, 6) is 1.47. The molecule has 17 heavy (non-hydrogen) atoms. The average molecular weight is 234 g/mol. The largest absolute Gasteiger partial charge is 0.481 e. The van der Waals surface area contributed by atoms with Gasteiger partial charge in [-0.2, -0.15) is 4.98 Å². The molecule has 2 aliphatic rings. The molecule has 0 bridgehead atoms. The van der Waals surface area contributed by atoms with Gasteiger partial charge in [-0.1, -0.05) is 0 Å². The molecule has 5 nitrogen and oxygen atoms in total. The minimum absolute atomic E-state index is 0.444. The molecular formula is C12H18N4O. The van der Waals surface area contributed by atoms with E-state index in [1.807, 2.05) is 0 Å². The maximum atomic E-state index is 5.36. The lowest BCUT2D eigenvalue weighted by molar-refractivity contribution is 0.392. The van der Waals surface area contributed by atoms with E-state index in [0.29, 0.717) is 6.04 Å². The zero-order valence-corrected chi connectivity index (χ0v) is 10.1. The molecule has 0 amide bonds. The van der Waals surface area contributed by atoms with Crippen molar-refractivity contribution in [3.8, 4) is 5.88 Å². The number of aromatic nitrogens is 2. The van der Waals surface area contributed by atoms with Crippen molar-refractivity contribution in [3.63, 3.8) is 0 Å². The van der Waals surface area contributed by atoms with E-state index in [9.17, 15) is 0 Å². The third-order valence-electron chi connectivity index (χ3n) is 3.48. The van der Waals surface area contributed by atoms with Crippen LogP contribution < -0.4 is 15.4 Å². The summed E-state index contributed by atoms with van der Waals surface area (Å²) >= 11 is 0. The third kappa shape index (κ3) is 2.07. The normalized spacial score (nSPS) is 22.5. The predicted molar refractivity (Wildman–Crippen MR) is 65.5 cm³/mol. The first-order chi connectivity index (χ1) is 8.36. The number of nitrogens with zero attached hydrogens (tertiary/aromatic N) is 2. The van der Waals surface area contributed by atoms with Crippen molar-refractivity contribution in [1.29, 1.82) is 0 Å². The molecule has 1 unspecified atom stereocenters. The molecule has 1 atom stereocenters. The standard InChI is InChI=1S/C12H18N4O/c1-17-11-9-3-2-4-10(9)15-12(16-11)14-8-5-6-13-7-8/h8,13H,2-7H2,1H3,(H,14,15,16). The fraction of sp³-hybridized carbons (Fsp3) is 0.667. The van der Waals surface area contributed by atoms with Crippen molar-refractivity contribution < 1.29 is 4.74 Å². The molecule has 3 rings (SSSR count). The lowest BCUT2D eigenvalue weighted by Crippen LogP contribution is -2.23. The second-order valence-corrected chi connectivity index (χ2v) is 4.67. The zero-order chi connectivity index (χ0) is 11.7. The molecule has 1 saturated heterocycles. The van der Waals surface area contributed by atoms with Crippen LogP contribution in [0.5, 0.6) is 5.88 Å². The van der Waals surface area contributed by atoms with Crippen LogP contribution in [0.3, 0.4) is 0 Å². The lowest BCUT2D eigenvalue weighted by atomic mass is 10.2. The Morgan fingerprint density at radius 2 is 2.29 bits per heavy atom. The molecule has 5 heteroatoms. The maximum Gasteiger partial charge on any atom is 0.226 e. The first-order valence-electron chi connectivity index (χ1n) is 6.28. The first-order valence-corrected chi connectivity index (χ1v) is 6.28. The van der Waals surface area contributed by atoms with Crippen LogP contribution in [-0.2, 0) is 12.8 Å². The summed E-state index contributed by atoms with van der Waals surface area (Å²) in [7, 11) is 1.68. The van der Waals surface area contributed by atoms with E-state index in [1.165, 1.54) is 5.56 Å². The third-order valence-corrected chi connectivity index (χ3v) is 3.48. The van der Waals surface area contributed by atoms with Crippen LogP contribution in [0.15, 0.2) is 0 Å². The Hall–Kier alpha value is -1.36. The molecule has 1 aliphatic heterocycles. The van der Waals surface area contributed by atoms with E-state index in [4.69, 9.17) is 4.74 Å². The monoisotopic (exact) mass is 234 g/mol. The molecule has 1 fully saturated rings. The molecule has 1 aromatic rings. The van der Waals surface area contributed by atoms with Gasteiger partial charge in [0.15, 0.2) is 0 Å². The minimum atomic E-state index is 0.444. The van der Waals surface area contributed by atoms with Crippen molar-refractivity contribution in [2.45, 2.75) is 31.7 Å². The minimum Gasteiger partial charge on any atom is -0.481 e. The highest BCUT2D eigenvalue weighted by atomic mass is 16.5. The maximum absolute atomic E-state index is 5.36. The molecule has 0 saturated carbocycles. The predicted octanol–water partition coefficient (Wildman–Crippen LogP) is 0.748. The second-order valence-electron chi connectivity index (χ2n) is 4.67. The van der Waals surface area contributed by atoms with Gasteiger partial charge in [0, 0.05) is 18.2 Å². The fourth-order valence-electron chi connectivity index (χ4n) is 2.59. The number of hydrogen-bond donors (Lipinski definition) is 2. The van der Waals surface area contributed by atoms with Gasteiger partial charge < -0.3 is 15.4 Å². The van der Waals surface area contributed by atoms with E-state index in [0.717, 1.165) is 56.3 Å². The van der Waals surface area contributed by atoms with Crippen molar-refractivity contribution in [2.24, 2.45) is 0 Å². The van der Waals surface area contributed by atoms with Crippen molar-refractivity contribution in [2.75, 3.05) is 25.5 Å². The summed E-state index contributed by atoms with van der Waals surface area (Å²) in [6.07, 6.45) is 4.38. The summed E-state index contributed by atoms with van der Waals surface area (Å²) in [5, 5.41) is 6.70. The topological polar surface area (TPSA) is 59.1 Å². The van der Waals surface area contributed by atoms with Gasteiger partial charge in [0.25, 0.3) is 0 Å². The Kier molecular flexibility index (Phi) is 2.84. The number of ether oxygens (including phenoxy) is 1. The van der Waals surface area contributed by atoms with Gasteiger partial charge in [-0.15, -0.1) is 0 Å². The Labute approximate surface area is 101 Å². The van der Waals surface area contributed by atoms with Gasteiger partial charge in [-0.05, 0) is 32.2 Å². The van der Waals surface area contributed by atoms with Gasteiger partial charge in [0.1, 0.15) is 0 Å². The highest BCUT2D eigenvalue weighted by molar-refractivity contribution is 5.41. The van der Waals surface area contributed by atoms with E-state index in [1.54, 1.807) is 7.11 Å². The second kappa shape index (κ2) is 4.49. The van der Waals surface area contributed by atoms with E-state index in [-0.39, 0.29) is 0 Å². The van der Waals surface area contributed by atoms with Gasteiger partial charge >= 0.3 is 0 Å². The van der Waals surface area contributed by atoms with Crippen molar-refractivity contribution >= 4 is 5.95 Å². The Morgan fingerprint density at radius 3 is 3.06 bits per heavy atom. The fourth-order valence-corrected chi connectivity index (χ4v) is 2.59. The summed E-state index contributed by atoms with van der Waals surface area (Å²) in [5.41, 5.74) is 2.35. The van der Waals surface area contributed by atoms with E-state index in [2.05, 4.69) is 20.6 Å². The van der Waals surface area contributed by atoms with Crippen LogP contribution in [0.4, 0.5) is 5.95 Å². The van der Waals surface area contributed by atoms with E-state index >= 15 is 0 Å². The van der Waals surface area contributed by atoms with Gasteiger partial charge in [-0.25, -0.2) is 4.98 Å². The molecular weight excluding hydrogens is 216 g/mol. The molecule has 2 heterocycles. The lowest BCUT2D eigenvalue weighted by Gasteiger charge is -2.13. The SMILES string of the molecule is COc1nc(NC2CCNC2)nc2c1CCC2. The van der Waals surface area contributed by atoms with Crippen molar-refractivity contribution in [1.82, 2.24) is 15.3 Å². The highest BCUT2D eigenvalue weighted by Gasteiger charge is 2.21. The van der Waals surface area contributed by atoms with Crippen LogP contribution in [0.25, 0.3) is 0 Å². The highest BCUT2D eigenvalue weighted by Crippen LogP contribution is 2.28. The summed E-state index contributed by atoms with van der Waals surface area (Å²) in [4.78, 5) is 9.05. The molecule has 92 valence electrons. The van der Waals surface area contributed by atoms with Crippen LogP contribution >= 0.6 is 0 Å². The van der Waals surface area contributed by atoms with Crippen LogP contribution in [0, 0.1) is 0 Å². The zero-order valence-electron chi connectivity index (χ0n) is 10.1. The summed E-state index contributed by atoms with van der Waals surface area (Å²) in [6, 6.07) is 0.444. The molecule has 0 radical (unpaired) electrons. The average Bonchev–Trinajstić information content (AvgIpc) is 2.98. The smallest absolute Gasteiger partial charge is 0.226 e. The number of hydrogen-bond acceptors (Lipinski definition) is 5. The van der Waals surface area contributed by atoms with Gasteiger partial charge in [0.05, 0.1) is 12.8 Å². The molecule has 0 aromatic carbocycles. The van der Waals surface area contributed by atoms with Gasteiger partial charge in [-0.3, -0.25) is 0 Å². The molecule has 2 N–H and O–H groups in total. The van der Waals surface area contributed by atoms with Crippen LogP contribution in [-0.4, -0.2) is 36.2 Å². The quantitative estimate of drug-likeness (QED) is 0.808. The van der Waals surface area contributed by atoms with Crippen molar-refractivity contribution in [3.05, 3.63) is 11.3 Å². The number of methoxy groups -OCH3 is 1. The number of anilines is 1. The summed E-state index contributed by atoms with van der Waals surface area (Å²) < 4.78 is 5.36. The number of fused-ring (bicyclic) bond motifs is 1. The first kappa shape index (κ1) is 10.8. The summed E-state index contributed by atoms with van der Waals surface area (Å²) in [6.45, 7) is 2.06. The Morgan fingerprint density at radius 1 is 1.35 bits per heavy atom. The molecule has 1 aromatic heterocycles. The number of aryl methyl sites for hydroxylation is 1. The Balaban J connectivity index is 1.84. The molecule has 0 spiro atoms.